The first-order valence-electron chi connectivity index (χ1n) is 6.11. The van der Waals surface area contributed by atoms with Crippen molar-refractivity contribution < 1.29 is 14.8 Å². The average molecular weight is 255 g/mol. The fourth-order valence-corrected chi connectivity index (χ4v) is 3.50. The molecule has 6 nitrogen and oxygen atoms in total. The first-order chi connectivity index (χ1) is 8.02. The number of imide groups is 1. The summed E-state index contributed by atoms with van der Waals surface area (Å²) in [5.74, 6) is -0.207. The van der Waals surface area contributed by atoms with Gasteiger partial charge in [0, 0.05) is 18.1 Å². The van der Waals surface area contributed by atoms with Crippen LogP contribution in [-0.4, -0.2) is 50.8 Å². The highest BCUT2D eigenvalue weighted by Gasteiger charge is 2.60. The van der Waals surface area contributed by atoms with Gasteiger partial charge in [-0.25, -0.2) is 4.79 Å². The first-order valence-corrected chi connectivity index (χ1v) is 6.11. The molecule has 2 fully saturated rings. The third-order valence-electron chi connectivity index (χ3n) is 3.98. The van der Waals surface area contributed by atoms with Crippen LogP contribution in [0.25, 0.3) is 0 Å². The van der Waals surface area contributed by atoms with Crippen LogP contribution in [0.4, 0.5) is 4.79 Å². The third kappa shape index (κ3) is 1.63. The van der Waals surface area contributed by atoms with Gasteiger partial charge in [0.2, 0.25) is 0 Å². The molecule has 0 aromatic rings. The van der Waals surface area contributed by atoms with Gasteiger partial charge in [0.25, 0.3) is 5.91 Å². The monoisotopic (exact) mass is 255 g/mol. The SMILES string of the molecule is CN1C(=O)NC2(CC(C)(C)N(O)C(C)(C)C2)C1=O. The summed E-state index contributed by atoms with van der Waals surface area (Å²) in [7, 11) is 1.48. The molecule has 2 rings (SSSR count). The quantitative estimate of drug-likeness (QED) is 0.632. The summed E-state index contributed by atoms with van der Waals surface area (Å²) in [6, 6.07) is -0.363. The molecule has 0 saturated carbocycles. The maximum atomic E-state index is 12.3. The molecule has 102 valence electrons. The molecule has 2 N–H and O–H groups in total. The second-order valence-corrected chi connectivity index (χ2v) is 6.67. The highest BCUT2D eigenvalue weighted by Crippen LogP contribution is 2.44. The minimum Gasteiger partial charge on any atom is -0.323 e. The molecule has 2 aliphatic rings. The zero-order valence-corrected chi connectivity index (χ0v) is 11.6. The van der Waals surface area contributed by atoms with Crippen molar-refractivity contribution in [2.24, 2.45) is 0 Å². The van der Waals surface area contributed by atoms with Crippen molar-refractivity contribution in [1.82, 2.24) is 15.3 Å². The van der Waals surface area contributed by atoms with Crippen molar-refractivity contribution in [2.45, 2.75) is 57.2 Å². The lowest BCUT2D eigenvalue weighted by Crippen LogP contribution is -2.68. The number of hydroxylamine groups is 2. The predicted molar refractivity (Wildman–Crippen MR) is 65.1 cm³/mol. The third-order valence-corrected chi connectivity index (χ3v) is 3.98. The summed E-state index contributed by atoms with van der Waals surface area (Å²) < 4.78 is 0. The standard InChI is InChI=1S/C12H21N3O3/c1-10(2)6-12(7-11(3,4)15(10)18)8(16)14(5)9(17)13-12/h18H,6-7H2,1-5H3,(H,13,17). The summed E-state index contributed by atoms with van der Waals surface area (Å²) >= 11 is 0. The number of rotatable bonds is 0. The molecule has 0 unspecified atom stereocenters. The van der Waals surface area contributed by atoms with Crippen molar-refractivity contribution in [3.63, 3.8) is 0 Å². The van der Waals surface area contributed by atoms with Crippen LogP contribution in [0.5, 0.6) is 0 Å². The number of nitrogens with one attached hydrogen (secondary N) is 1. The molecule has 1 spiro atoms. The van der Waals surface area contributed by atoms with E-state index in [0.717, 1.165) is 4.90 Å². The predicted octanol–water partition coefficient (Wildman–Crippen LogP) is 0.949. The fourth-order valence-electron chi connectivity index (χ4n) is 3.50. The van der Waals surface area contributed by atoms with Crippen molar-refractivity contribution >= 4 is 11.9 Å². The minimum atomic E-state index is -0.891. The highest BCUT2D eigenvalue weighted by atomic mass is 16.5. The van der Waals surface area contributed by atoms with Crippen LogP contribution >= 0.6 is 0 Å². The van der Waals surface area contributed by atoms with Gasteiger partial charge < -0.3 is 10.5 Å². The van der Waals surface area contributed by atoms with E-state index in [-0.39, 0.29) is 11.9 Å². The number of likely N-dealkylation sites (N-methyl/N-ethyl adjacent to an activating group) is 1. The lowest BCUT2D eigenvalue weighted by molar-refractivity contribution is -0.253. The van der Waals surface area contributed by atoms with Gasteiger partial charge in [-0.3, -0.25) is 9.69 Å². The average Bonchev–Trinajstić information content (AvgIpc) is 2.39. The van der Waals surface area contributed by atoms with E-state index >= 15 is 0 Å². The van der Waals surface area contributed by atoms with E-state index in [2.05, 4.69) is 5.32 Å². The Morgan fingerprint density at radius 1 is 1.11 bits per heavy atom. The number of carbonyl (C=O) groups is 2. The van der Waals surface area contributed by atoms with Crippen LogP contribution < -0.4 is 5.32 Å². The topological polar surface area (TPSA) is 72.9 Å². The number of carbonyl (C=O) groups excluding carboxylic acids is 2. The lowest BCUT2D eigenvalue weighted by atomic mass is 9.70. The van der Waals surface area contributed by atoms with Crippen molar-refractivity contribution in [3.8, 4) is 0 Å². The molecule has 0 atom stereocenters. The van der Waals surface area contributed by atoms with E-state index in [1.807, 2.05) is 27.7 Å². The summed E-state index contributed by atoms with van der Waals surface area (Å²) in [5, 5.41) is 14.3. The number of amides is 3. The van der Waals surface area contributed by atoms with E-state index in [9.17, 15) is 14.8 Å². The fraction of sp³-hybridized carbons (Fsp3) is 0.833. The number of hydrogen-bond acceptors (Lipinski definition) is 4. The summed E-state index contributed by atoms with van der Waals surface area (Å²) in [6.45, 7) is 7.47. The molecule has 0 bridgehead atoms. The molecule has 6 heteroatoms. The molecule has 2 heterocycles. The Morgan fingerprint density at radius 3 is 1.89 bits per heavy atom. The Balaban J connectivity index is 2.43. The smallest absolute Gasteiger partial charge is 0.323 e. The maximum absolute atomic E-state index is 12.3. The van der Waals surface area contributed by atoms with E-state index in [1.165, 1.54) is 12.1 Å². The van der Waals surface area contributed by atoms with Crippen LogP contribution in [0, 0.1) is 0 Å². The Bertz CT molecular complexity index is 399. The van der Waals surface area contributed by atoms with Gasteiger partial charge in [0.15, 0.2) is 0 Å². The molecular formula is C12H21N3O3. The maximum Gasteiger partial charge on any atom is 0.324 e. The number of hydrogen-bond donors (Lipinski definition) is 2. The molecule has 0 aromatic heterocycles. The van der Waals surface area contributed by atoms with E-state index in [4.69, 9.17) is 0 Å². The molecule has 3 amide bonds. The number of piperidine rings is 1. The van der Waals surface area contributed by atoms with E-state index in [0.29, 0.717) is 12.8 Å². The number of urea groups is 1. The van der Waals surface area contributed by atoms with Crippen molar-refractivity contribution in [2.75, 3.05) is 7.05 Å². The normalized spacial score (nSPS) is 29.8. The van der Waals surface area contributed by atoms with Gasteiger partial charge in [0.05, 0.1) is 0 Å². The van der Waals surface area contributed by atoms with Crippen molar-refractivity contribution in [1.29, 1.82) is 0 Å². The molecular weight excluding hydrogens is 234 g/mol. The summed E-state index contributed by atoms with van der Waals surface area (Å²) in [4.78, 5) is 25.1. The minimum absolute atomic E-state index is 0.207. The lowest BCUT2D eigenvalue weighted by Gasteiger charge is -2.54. The van der Waals surface area contributed by atoms with Gasteiger partial charge >= 0.3 is 6.03 Å². The van der Waals surface area contributed by atoms with Crippen LogP contribution in [0.2, 0.25) is 0 Å². The van der Waals surface area contributed by atoms with Gasteiger partial charge in [-0.2, -0.15) is 5.06 Å². The van der Waals surface area contributed by atoms with Crippen LogP contribution in [0.1, 0.15) is 40.5 Å². The van der Waals surface area contributed by atoms with E-state index in [1.54, 1.807) is 0 Å². The molecule has 18 heavy (non-hydrogen) atoms. The Kier molecular flexibility index (Phi) is 2.55. The molecule has 0 aromatic carbocycles. The van der Waals surface area contributed by atoms with Gasteiger partial charge in [0.1, 0.15) is 5.54 Å². The van der Waals surface area contributed by atoms with Gasteiger partial charge in [-0.1, -0.05) is 0 Å². The second kappa shape index (κ2) is 3.45. The van der Waals surface area contributed by atoms with Crippen LogP contribution in [-0.2, 0) is 4.79 Å². The Labute approximate surface area is 107 Å². The summed E-state index contributed by atoms with van der Waals surface area (Å²) in [6.07, 6.45) is 0.795. The second-order valence-electron chi connectivity index (χ2n) is 6.67. The van der Waals surface area contributed by atoms with Crippen LogP contribution in [0.3, 0.4) is 0 Å². The summed E-state index contributed by atoms with van der Waals surface area (Å²) in [5.41, 5.74) is -2.04. The molecule has 2 aliphatic heterocycles. The zero-order chi connectivity index (χ0) is 13.9. The molecule has 0 aliphatic carbocycles. The largest absolute Gasteiger partial charge is 0.324 e. The molecule has 0 radical (unpaired) electrons. The number of nitrogens with zero attached hydrogens (tertiary/aromatic N) is 2. The van der Waals surface area contributed by atoms with Crippen LogP contribution in [0.15, 0.2) is 0 Å². The van der Waals surface area contributed by atoms with Crippen molar-refractivity contribution in [3.05, 3.63) is 0 Å². The first kappa shape index (κ1) is 13.3. The van der Waals surface area contributed by atoms with Gasteiger partial charge in [-0.05, 0) is 40.5 Å². The Hall–Kier alpha value is -1.14. The van der Waals surface area contributed by atoms with Gasteiger partial charge in [-0.15, -0.1) is 0 Å². The zero-order valence-electron chi connectivity index (χ0n) is 11.6. The molecule has 2 saturated heterocycles. The van der Waals surface area contributed by atoms with E-state index < -0.39 is 16.6 Å². The highest BCUT2D eigenvalue weighted by molar-refractivity contribution is 6.07. The Morgan fingerprint density at radius 2 is 1.56 bits per heavy atom.